The van der Waals surface area contributed by atoms with Crippen LogP contribution in [0.1, 0.15) is 48.0 Å². The van der Waals surface area contributed by atoms with Crippen LogP contribution in [0.5, 0.6) is 0 Å². The molecule has 0 saturated carbocycles. The van der Waals surface area contributed by atoms with Gasteiger partial charge in [-0.05, 0) is 70.0 Å². The van der Waals surface area contributed by atoms with Crippen LogP contribution in [0.25, 0.3) is 11.8 Å². The summed E-state index contributed by atoms with van der Waals surface area (Å²) < 4.78 is 9.76. The van der Waals surface area contributed by atoms with E-state index in [4.69, 9.17) is 4.74 Å². The average molecular weight is 512 g/mol. The molecule has 37 heavy (non-hydrogen) atoms. The van der Waals surface area contributed by atoms with Crippen LogP contribution < -0.4 is 14.9 Å². The van der Waals surface area contributed by atoms with Crippen molar-refractivity contribution >= 4 is 23.4 Å². The summed E-state index contributed by atoms with van der Waals surface area (Å²) in [6.07, 6.45) is 1.93. The monoisotopic (exact) mass is 511 g/mol. The van der Waals surface area contributed by atoms with Crippen LogP contribution in [0.15, 0.2) is 81.7 Å². The Balaban J connectivity index is 1.68. The zero-order valence-corrected chi connectivity index (χ0v) is 22.4. The van der Waals surface area contributed by atoms with Gasteiger partial charge >= 0.3 is 5.97 Å². The lowest BCUT2D eigenvalue weighted by molar-refractivity contribution is -0.139. The number of carbonyl (C=O) groups is 1. The highest BCUT2D eigenvalue weighted by atomic mass is 32.1. The quantitative estimate of drug-likeness (QED) is 0.370. The number of nitrogens with zero attached hydrogens (tertiary/aromatic N) is 3. The van der Waals surface area contributed by atoms with Gasteiger partial charge in [0.25, 0.3) is 5.56 Å². The first-order valence-electron chi connectivity index (χ1n) is 12.3. The summed E-state index contributed by atoms with van der Waals surface area (Å²) in [4.78, 5) is 32.1. The molecule has 6 nitrogen and oxygen atoms in total. The van der Waals surface area contributed by atoms with E-state index in [2.05, 4.69) is 60.7 Å². The van der Waals surface area contributed by atoms with Crippen LogP contribution in [0, 0.1) is 20.8 Å². The molecule has 7 heteroatoms. The number of carbonyl (C=O) groups excluding carboxylic acids is 1. The Bertz CT molecular complexity index is 1700. The number of hydrogen-bond donors (Lipinski definition) is 0. The molecule has 1 aliphatic rings. The molecule has 4 aromatic rings. The van der Waals surface area contributed by atoms with E-state index in [0.717, 1.165) is 28.2 Å². The topological polar surface area (TPSA) is 65.6 Å². The van der Waals surface area contributed by atoms with Crippen molar-refractivity contribution in [3.05, 3.63) is 120 Å². The molecule has 2 aromatic carbocycles. The molecular formula is C30H29N3O3S. The second-order valence-electron chi connectivity index (χ2n) is 9.21. The van der Waals surface area contributed by atoms with Crippen molar-refractivity contribution in [2.45, 2.75) is 40.7 Å². The van der Waals surface area contributed by atoms with Gasteiger partial charge in [0.15, 0.2) is 4.80 Å². The van der Waals surface area contributed by atoms with Crippen LogP contribution in [0.3, 0.4) is 0 Å². The van der Waals surface area contributed by atoms with E-state index in [9.17, 15) is 9.59 Å². The maximum absolute atomic E-state index is 13.8. The second kappa shape index (κ2) is 9.82. The van der Waals surface area contributed by atoms with Crippen LogP contribution in [0.2, 0.25) is 0 Å². The molecule has 0 aliphatic carbocycles. The van der Waals surface area contributed by atoms with E-state index in [-0.39, 0.29) is 12.2 Å². The highest BCUT2D eigenvalue weighted by Crippen LogP contribution is 2.30. The standard InChI is InChI=1S/C30H29N3O3S/c1-6-36-29(35)26-20(4)31-30-33(27(26)22-10-8-7-9-11-22)28(34)25(37-30)17-23-16-19(3)32(21(23)5)24-14-12-18(2)13-15-24/h7-17,27H,6H2,1-5H3/b25-17+/t27-/m1/s1. The van der Waals surface area contributed by atoms with Gasteiger partial charge in [0.1, 0.15) is 0 Å². The number of ether oxygens (including phenoxy) is 1. The molecule has 0 amide bonds. The molecule has 0 radical (unpaired) electrons. The van der Waals surface area contributed by atoms with Crippen LogP contribution >= 0.6 is 11.3 Å². The lowest BCUT2D eigenvalue weighted by Crippen LogP contribution is -2.39. The molecule has 3 heterocycles. The Morgan fingerprint density at radius 1 is 1.05 bits per heavy atom. The van der Waals surface area contributed by atoms with E-state index >= 15 is 0 Å². The van der Waals surface area contributed by atoms with Crippen molar-refractivity contribution in [2.24, 2.45) is 4.99 Å². The number of benzene rings is 2. The van der Waals surface area contributed by atoms with Crippen molar-refractivity contribution in [3.8, 4) is 5.69 Å². The number of aryl methyl sites for hydroxylation is 2. The maximum Gasteiger partial charge on any atom is 0.338 e. The third-order valence-corrected chi connectivity index (χ3v) is 7.66. The van der Waals surface area contributed by atoms with Crippen molar-refractivity contribution in [3.63, 3.8) is 0 Å². The second-order valence-corrected chi connectivity index (χ2v) is 10.2. The molecule has 0 saturated heterocycles. The zero-order valence-electron chi connectivity index (χ0n) is 21.6. The van der Waals surface area contributed by atoms with Crippen molar-refractivity contribution in [1.82, 2.24) is 9.13 Å². The predicted octanol–water partition coefficient (Wildman–Crippen LogP) is 4.51. The molecule has 188 valence electrons. The van der Waals surface area contributed by atoms with Crippen molar-refractivity contribution in [2.75, 3.05) is 6.61 Å². The summed E-state index contributed by atoms with van der Waals surface area (Å²) in [5.74, 6) is -0.450. The van der Waals surface area contributed by atoms with E-state index in [1.165, 1.54) is 16.9 Å². The van der Waals surface area contributed by atoms with Gasteiger partial charge in [-0.2, -0.15) is 0 Å². The molecule has 0 N–H and O–H groups in total. The van der Waals surface area contributed by atoms with E-state index in [1.807, 2.05) is 36.4 Å². The normalized spacial score (nSPS) is 15.5. The van der Waals surface area contributed by atoms with E-state index < -0.39 is 12.0 Å². The molecule has 2 aromatic heterocycles. The minimum absolute atomic E-state index is 0.174. The molecule has 1 atom stereocenters. The highest BCUT2D eigenvalue weighted by molar-refractivity contribution is 7.07. The number of rotatable bonds is 5. The highest BCUT2D eigenvalue weighted by Gasteiger charge is 2.33. The predicted molar refractivity (Wildman–Crippen MR) is 147 cm³/mol. The van der Waals surface area contributed by atoms with Gasteiger partial charge in [0.05, 0.1) is 28.5 Å². The summed E-state index contributed by atoms with van der Waals surface area (Å²) in [7, 11) is 0. The molecule has 0 bridgehead atoms. The van der Waals surface area contributed by atoms with E-state index in [1.54, 1.807) is 18.4 Å². The van der Waals surface area contributed by atoms with Gasteiger partial charge in [-0.1, -0.05) is 59.4 Å². The summed E-state index contributed by atoms with van der Waals surface area (Å²) in [5, 5.41) is 0. The summed E-state index contributed by atoms with van der Waals surface area (Å²) in [6, 6.07) is 19.5. The van der Waals surface area contributed by atoms with Gasteiger partial charge in [0, 0.05) is 17.1 Å². The molecule has 0 fully saturated rings. The van der Waals surface area contributed by atoms with Crippen molar-refractivity contribution in [1.29, 1.82) is 0 Å². The Hall–Kier alpha value is -3.97. The zero-order chi connectivity index (χ0) is 26.3. The third kappa shape index (κ3) is 4.40. The largest absolute Gasteiger partial charge is 0.463 e. The summed E-state index contributed by atoms with van der Waals surface area (Å²) >= 11 is 1.34. The first-order chi connectivity index (χ1) is 17.8. The minimum Gasteiger partial charge on any atom is -0.463 e. The fourth-order valence-electron chi connectivity index (χ4n) is 4.91. The smallest absolute Gasteiger partial charge is 0.338 e. The first kappa shape index (κ1) is 24.7. The lowest BCUT2D eigenvalue weighted by atomic mass is 9.96. The summed E-state index contributed by atoms with van der Waals surface area (Å²) in [6.45, 7) is 10.0. The first-order valence-corrected chi connectivity index (χ1v) is 13.1. The lowest BCUT2D eigenvalue weighted by Gasteiger charge is -2.24. The Morgan fingerprint density at radius 3 is 2.43 bits per heavy atom. The maximum atomic E-state index is 13.8. The number of aromatic nitrogens is 2. The van der Waals surface area contributed by atoms with Crippen LogP contribution in [-0.4, -0.2) is 21.7 Å². The number of fused-ring (bicyclic) bond motifs is 1. The van der Waals surface area contributed by atoms with E-state index in [0.29, 0.717) is 20.6 Å². The number of allylic oxidation sites excluding steroid dienone is 1. The molecule has 0 spiro atoms. The van der Waals surface area contributed by atoms with Gasteiger partial charge < -0.3 is 9.30 Å². The number of hydrogen-bond acceptors (Lipinski definition) is 5. The molecule has 5 rings (SSSR count). The summed E-state index contributed by atoms with van der Waals surface area (Å²) in [5.41, 5.74) is 7.02. The van der Waals surface area contributed by atoms with Gasteiger partial charge in [0.2, 0.25) is 0 Å². The number of thiazole rings is 1. The Kier molecular flexibility index (Phi) is 6.56. The third-order valence-electron chi connectivity index (χ3n) is 6.68. The van der Waals surface area contributed by atoms with Gasteiger partial charge in [-0.15, -0.1) is 0 Å². The fraction of sp³-hybridized carbons (Fsp3) is 0.233. The molecule has 0 unspecified atom stereocenters. The van der Waals surface area contributed by atoms with Gasteiger partial charge in [-0.25, -0.2) is 9.79 Å². The molecular weight excluding hydrogens is 482 g/mol. The van der Waals surface area contributed by atoms with Crippen LogP contribution in [0.4, 0.5) is 0 Å². The Morgan fingerprint density at radius 2 is 1.76 bits per heavy atom. The fourth-order valence-corrected chi connectivity index (χ4v) is 5.95. The molecule has 1 aliphatic heterocycles. The average Bonchev–Trinajstić information content (AvgIpc) is 3.33. The Labute approximate surface area is 219 Å². The minimum atomic E-state index is -0.598. The van der Waals surface area contributed by atoms with Crippen LogP contribution in [-0.2, 0) is 9.53 Å². The van der Waals surface area contributed by atoms with Crippen molar-refractivity contribution < 1.29 is 9.53 Å². The number of esters is 1. The SMILES string of the molecule is CCOC(=O)C1=C(C)N=c2s/c(=C/c3cc(C)n(-c4ccc(C)cc4)c3C)c(=O)n2[C@@H]1c1ccccc1. The van der Waals surface area contributed by atoms with Gasteiger partial charge in [-0.3, -0.25) is 9.36 Å².